The predicted octanol–water partition coefficient (Wildman–Crippen LogP) is 0.776. The van der Waals surface area contributed by atoms with Crippen molar-refractivity contribution in [1.82, 2.24) is 4.72 Å². The lowest BCUT2D eigenvalue weighted by atomic mass is 10.4. The second kappa shape index (κ2) is 12.8. The van der Waals surface area contributed by atoms with E-state index in [-0.39, 0.29) is 0 Å². The van der Waals surface area contributed by atoms with Gasteiger partial charge in [0.2, 0.25) is 10.0 Å². The number of hydrogen-bond donors (Lipinski definition) is 1. The van der Waals surface area contributed by atoms with Gasteiger partial charge < -0.3 is 14.2 Å². The molecular formula is C12H27NO5S. The molecule has 19 heavy (non-hydrogen) atoms. The van der Waals surface area contributed by atoms with Gasteiger partial charge in [-0.05, 0) is 12.8 Å². The number of unbranched alkanes of at least 4 members (excludes halogenated alkanes) is 1. The first-order valence-corrected chi connectivity index (χ1v) is 8.63. The van der Waals surface area contributed by atoms with Gasteiger partial charge in [-0.2, -0.15) is 0 Å². The number of rotatable bonds is 14. The molecule has 0 rings (SSSR count). The Bertz CT molecular complexity index is 282. The molecule has 0 fully saturated rings. The second-order valence-corrected chi connectivity index (χ2v) is 6.04. The molecule has 6 nitrogen and oxygen atoms in total. The molecule has 0 atom stereocenters. The van der Waals surface area contributed by atoms with Crippen molar-refractivity contribution < 1.29 is 22.6 Å². The van der Waals surface area contributed by atoms with Crippen LogP contribution < -0.4 is 4.72 Å². The summed E-state index contributed by atoms with van der Waals surface area (Å²) in [6.07, 6.45) is 4.03. The summed E-state index contributed by atoms with van der Waals surface area (Å²) in [7, 11) is -3.08. The van der Waals surface area contributed by atoms with Crippen molar-refractivity contribution in [3.05, 3.63) is 0 Å². The van der Waals surface area contributed by atoms with Gasteiger partial charge in [-0.3, -0.25) is 0 Å². The van der Waals surface area contributed by atoms with Crippen LogP contribution in [0.3, 0.4) is 0 Å². The zero-order valence-electron chi connectivity index (χ0n) is 12.0. The smallest absolute Gasteiger partial charge is 0.208 e. The maximum atomic E-state index is 10.7. The normalized spacial score (nSPS) is 11.9. The van der Waals surface area contributed by atoms with E-state index in [1.807, 2.05) is 0 Å². The summed E-state index contributed by atoms with van der Waals surface area (Å²) in [6, 6.07) is 0. The van der Waals surface area contributed by atoms with E-state index in [1.54, 1.807) is 0 Å². The lowest BCUT2D eigenvalue weighted by Crippen LogP contribution is -2.24. The molecule has 0 bridgehead atoms. The third kappa shape index (κ3) is 17.8. The van der Waals surface area contributed by atoms with Crippen molar-refractivity contribution in [2.24, 2.45) is 0 Å². The van der Waals surface area contributed by atoms with Gasteiger partial charge in [0.05, 0.1) is 32.7 Å². The van der Waals surface area contributed by atoms with Crippen molar-refractivity contribution in [3.8, 4) is 0 Å². The Hall–Kier alpha value is -0.210. The van der Waals surface area contributed by atoms with E-state index >= 15 is 0 Å². The average molecular weight is 297 g/mol. The first-order chi connectivity index (χ1) is 9.06. The van der Waals surface area contributed by atoms with Crippen molar-refractivity contribution >= 4 is 10.0 Å². The van der Waals surface area contributed by atoms with Crippen molar-refractivity contribution in [2.45, 2.75) is 26.2 Å². The summed E-state index contributed by atoms with van der Waals surface area (Å²) in [6.45, 7) is 6.13. The molecule has 0 unspecified atom stereocenters. The van der Waals surface area contributed by atoms with E-state index in [4.69, 9.17) is 14.2 Å². The van der Waals surface area contributed by atoms with E-state index < -0.39 is 10.0 Å². The zero-order chi connectivity index (χ0) is 14.4. The molecule has 0 saturated heterocycles. The van der Waals surface area contributed by atoms with E-state index in [0.717, 1.165) is 25.7 Å². The molecule has 0 spiro atoms. The van der Waals surface area contributed by atoms with Crippen LogP contribution in [0.1, 0.15) is 26.2 Å². The van der Waals surface area contributed by atoms with Crippen LogP contribution in [-0.2, 0) is 24.2 Å². The highest BCUT2D eigenvalue weighted by molar-refractivity contribution is 7.88. The van der Waals surface area contributed by atoms with Crippen molar-refractivity contribution in [2.75, 3.05) is 52.4 Å². The molecule has 0 aromatic rings. The second-order valence-electron chi connectivity index (χ2n) is 4.21. The van der Waals surface area contributed by atoms with Crippen molar-refractivity contribution in [3.63, 3.8) is 0 Å². The zero-order valence-corrected chi connectivity index (χ0v) is 12.8. The third-order valence-corrected chi connectivity index (χ3v) is 2.94. The Kier molecular flexibility index (Phi) is 12.7. The standard InChI is InChI=1S/C12H27NO5S/c1-3-4-7-16-9-11-18-12-10-17-8-5-6-13-19(2,14)15/h13H,3-12H2,1-2H3. The first-order valence-electron chi connectivity index (χ1n) is 6.74. The van der Waals surface area contributed by atoms with Gasteiger partial charge >= 0.3 is 0 Å². The monoisotopic (exact) mass is 297 g/mol. The van der Waals surface area contributed by atoms with Crippen LogP contribution >= 0.6 is 0 Å². The summed E-state index contributed by atoms with van der Waals surface area (Å²) >= 11 is 0. The molecule has 1 N–H and O–H groups in total. The van der Waals surface area contributed by atoms with E-state index in [2.05, 4.69) is 11.6 Å². The molecular weight excluding hydrogens is 270 g/mol. The third-order valence-electron chi connectivity index (χ3n) is 2.22. The highest BCUT2D eigenvalue weighted by Gasteiger charge is 1.98. The Morgan fingerprint density at radius 2 is 1.32 bits per heavy atom. The number of hydrogen-bond acceptors (Lipinski definition) is 5. The molecule has 0 amide bonds. The fourth-order valence-electron chi connectivity index (χ4n) is 1.22. The van der Waals surface area contributed by atoms with Gasteiger partial charge in [-0.1, -0.05) is 13.3 Å². The summed E-state index contributed by atoms with van der Waals surface area (Å²) in [5.41, 5.74) is 0. The minimum atomic E-state index is -3.08. The summed E-state index contributed by atoms with van der Waals surface area (Å²) in [5.74, 6) is 0. The fraction of sp³-hybridized carbons (Fsp3) is 1.00. The Morgan fingerprint density at radius 3 is 1.79 bits per heavy atom. The minimum Gasteiger partial charge on any atom is -0.379 e. The fourth-order valence-corrected chi connectivity index (χ4v) is 1.74. The van der Waals surface area contributed by atoms with Crippen LogP contribution in [-0.4, -0.2) is 60.9 Å². The Labute approximate surface area is 116 Å². The van der Waals surface area contributed by atoms with Gasteiger partial charge in [-0.15, -0.1) is 0 Å². The summed E-state index contributed by atoms with van der Waals surface area (Å²) < 4.78 is 39.8. The number of nitrogens with one attached hydrogen (secondary N) is 1. The largest absolute Gasteiger partial charge is 0.379 e. The Morgan fingerprint density at radius 1 is 0.842 bits per heavy atom. The summed E-state index contributed by atoms with van der Waals surface area (Å²) in [5, 5.41) is 0. The number of sulfonamides is 1. The molecule has 0 radical (unpaired) electrons. The predicted molar refractivity (Wildman–Crippen MR) is 74.8 cm³/mol. The lowest BCUT2D eigenvalue weighted by Gasteiger charge is -2.06. The molecule has 7 heteroatoms. The lowest BCUT2D eigenvalue weighted by molar-refractivity contribution is 0.0139. The molecule has 0 aliphatic rings. The van der Waals surface area contributed by atoms with Gasteiger partial charge in [0, 0.05) is 19.8 Å². The highest BCUT2D eigenvalue weighted by Crippen LogP contribution is 1.88. The van der Waals surface area contributed by atoms with Crippen LogP contribution in [0.2, 0.25) is 0 Å². The van der Waals surface area contributed by atoms with Crippen LogP contribution in [0.5, 0.6) is 0 Å². The van der Waals surface area contributed by atoms with Crippen LogP contribution in [0.15, 0.2) is 0 Å². The van der Waals surface area contributed by atoms with Gasteiger partial charge in [0.15, 0.2) is 0 Å². The SMILES string of the molecule is CCCCOCCOCCOCCCNS(C)(=O)=O. The van der Waals surface area contributed by atoms with E-state index in [9.17, 15) is 8.42 Å². The maximum absolute atomic E-state index is 10.7. The average Bonchev–Trinajstić information content (AvgIpc) is 2.34. The van der Waals surface area contributed by atoms with Crippen LogP contribution in [0.25, 0.3) is 0 Å². The van der Waals surface area contributed by atoms with Gasteiger partial charge in [0.25, 0.3) is 0 Å². The highest BCUT2D eigenvalue weighted by atomic mass is 32.2. The molecule has 0 aromatic carbocycles. The van der Waals surface area contributed by atoms with Gasteiger partial charge in [0.1, 0.15) is 0 Å². The quantitative estimate of drug-likeness (QED) is 0.480. The summed E-state index contributed by atoms with van der Waals surface area (Å²) in [4.78, 5) is 0. The van der Waals surface area contributed by atoms with E-state index in [0.29, 0.717) is 46.0 Å². The van der Waals surface area contributed by atoms with Crippen molar-refractivity contribution in [1.29, 1.82) is 0 Å². The molecule has 0 saturated carbocycles. The molecule has 0 aliphatic carbocycles. The first kappa shape index (κ1) is 18.8. The molecule has 0 aliphatic heterocycles. The molecule has 0 heterocycles. The van der Waals surface area contributed by atoms with Crippen LogP contribution in [0, 0.1) is 0 Å². The maximum Gasteiger partial charge on any atom is 0.208 e. The van der Waals surface area contributed by atoms with Gasteiger partial charge in [-0.25, -0.2) is 13.1 Å². The van der Waals surface area contributed by atoms with E-state index in [1.165, 1.54) is 0 Å². The molecule has 0 aromatic heterocycles. The minimum absolute atomic E-state index is 0.408. The Balaban J connectivity index is 3.03. The number of ether oxygens (including phenoxy) is 3. The molecule has 116 valence electrons. The topological polar surface area (TPSA) is 73.9 Å². The van der Waals surface area contributed by atoms with Crippen LogP contribution in [0.4, 0.5) is 0 Å².